The molecule has 0 N–H and O–H groups in total. The summed E-state index contributed by atoms with van der Waals surface area (Å²) in [6.45, 7) is 4.67. The summed E-state index contributed by atoms with van der Waals surface area (Å²) in [6, 6.07) is 7.36. The first-order chi connectivity index (χ1) is 12.1. The van der Waals surface area contributed by atoms with Gasteiger partial charge < -0.3 is 19.3 Å². The van der Waals surface area contributed by atoms with Gasteiger partial charge in [-0.2, -0.15) is 5.10 Å². The van der Waals surface area contributed by atoms with E-state index in [9.17, 15) is 4.79 Å². The van der Waals surface area contributed by atoms with Crippen LogP contribution in [-0.2, 0) is 0 Å². The molecule has 3 rings (SSSR count). The van der Waals surface area contributed by atoms with Crippen LogP contribution in [0.4, 0.5) is 5.82 Å². The lowest BCUT2D eigenvalue weighted by Gasteiger charge is -2.35. The van der Waals surface area contributed by atoms with E-state index >= 15 is 0 Å². The van der Waals surface area contributed by atoms with Gasteiger partial charge in [0.25, 0.3) is 5.91 Å². The molecule has 0 atom stereocenters. The highest BCUT2D eigenvalue weighted by Gasteiger charge is 2.26. The molecular weight excluding hydrogens is 320 g/mol. The van der Waals surface area contributed by atoms with Crippen molar-refractivity contribution in [1.82, 2.24) is 15.1 Å². The Labute approximate surface area is 147 Å². The van der Waals surface area contributed by atoms with Crippen LogP contribution < -0.4 is 14.4 Å². The highest BCUT2D eigenvalue weighted by molar-refractivity contribution is 5.98. The van der Waals surface area contributed by atoms with E-state index < -0.39 is 0 Å². The molecule has 0 saturated carbocycles. The number of methoxy groups -OCH3 is 2. The Bertz CT molecular complexity index is 758. The second-order valence-electron chi connectivity index (χ2n) is 5.91. The summed E-state index contributed by atoms with van der Waals surface area (Å²) < 4.78 is 10.7. The molecule has 2 aromatic rings. The van der Waals surface area contributed by atoms with Crippen molar-refractivity contribution in [3.63, 3.8) is 0 Å². The lowest BCUT2D eigenvalue weighted by molar-refractivity contribution is 0.0742. The smallest absolute Gasteiger partial charge is 0.257 e. The number of benzene rings is 1. The number of aromatic nitrogens is 2. The average Bonchev–Trinajstić information content (AvgIpc) is 2.66. The predicted molar refractivity (Wildman–Crippen MR) is 94.4 cm³/mol. The fourth-order valence-corrected chi connectivity index (χ4v) is 2.97. The van der Waals surface area contributed by atoms with Gasteiger partial charge in [-0.1, -0.05) is 6.07 Å². The van der Waals surface area contributed by atoms with Gasteiger partial charge >= 0.3 is 0 Å². The normalized spacial score (nSPS) is 14.4. The Hall–Kier alpha value is -2.83. The molecule has 0 bridgehead atoms. The van der Waals surface area contributed by atoms with Crippen molar-refractivity contribution in [2.75, 3.05) is 45.3 Å². The number of ether oxygens (including phenoxy) is 2. The van der Waals surface area contributed by atoms with E-state index in [0.29, 0.717) is 30.2 Å². The first kappa shape index (κ1) is 17.0. The average molecular weight is 342 g/mol. The van der Waals surface area contributed by atoms with E-state index in [1.54, 1.807) is 38.6 Å². The molecule has 0 radical (unpaired) electrons. The number of carbonyl (C=O) groups is 1. The standard InChI is InChI=1S/C18H22N4O3/c1-13-11-16(20-19-12-13)21-7-9-22(10-8-21)18(23)14-5-4-6-15(24-2)17(14)25-3/h4-6,11-12H,7-10H2,1-3H3. The number of nitrogens with zero attached hydrogens (tertiary/aromatic N) is 4. The molecule has 132 valence electrons. The molecule has 0 spiro atoms. The van der Waals surface area contributed by atoms with Gasteiger partial charge in [0.05, 0.1) is 26.0 Å². The molecule has 1 fully saturated rings. The molecule has 0 aliphatic carbocycles. The molecule has 0 unspecified atom stereocenters. The van der Waals surface area contributed by atoms with Crippen LogP contribution in [-0.4, -0.2) is 61.4 Å². The number of piperazine rings is 1. The summed E-state index contributed by atoms with van der Waals surface area (Å²) in [5.74, 6) is 1.83. The van der Waals surface area contributed by atoms with E-state index in [1.807, 2.05) is 17.9 Å². The largest absolute Gasteiger partial charge is 0.493 e. The molecule has 2 heterocycles. The van der Waals surface area contributed by atoms with E-state index in [-0.39, 0.29) is 5.91 Å². The molecule has 7 heteroatoms. The van der Waals surface area contributed by atoms with Crippen LogP contribution >= 0.6 is 0 Å². The summed E-state index contributed by atoms with van der Waals surface area (Å²) in [6.07, 6.45) is 1.73. The fraction of sp³-hybridized carbons (Fsp3) is 0.389. The van der Waals surface area contributed by atoms with Crippen molar-refractivity contribution in [2.45, 2.75) is 6.92 Å². The van der Waals surface area contributed by atoms with Gasteiger partial charge in [0, 0.05) is 26.2 Å². The van der Waals surface area contributed by atoms with E-state index in [2.05, 4.69) is 15.1 Å². The zero-order chi connectivity index (χ0) is 17.8. The summed E-state index contributed by atoms with van der Waals surface area (Å²) in [7, 11) is 3.11. The Balaban J connectivity index is 1.72. The minimum absolute atomic E-state index is 0.0503. The van der Waals surface area contributed by atoms with Gasteiger partial charge in [-0.15, -0.1) is 5.10 Å². The SMILES string of the molecule is COc1cccc(C(=O)N2CCN(c3cc(C)cnn3)CC2)c1OC. The highest BCUT2D eigenvalue weighted by Crippen LogP contribution is 2.31. The molecule has 1 aliphatic heterocycles. The van der Waals surface area contributed by atoms with Gasteiger partial charge in [-0.3, -0.25) is 4.79 Å². The third kappa shape index (κ3) is 3.50. The van der Waals surface area contributed by atoms with E-state index in [0.717, 1.165) is 24.5 Å². The van der Waals surface area contributed by atoms with Crippen LogP contribution in [0.1, 0.15) is 15.9 Å². The fourth-order valence-electron chi connectivity index (χ4n) is 2.97. The maximum atomic E-state index is 12.9. The molecule has 25 heavy (non-hydrogen) atoms. The molecule has 1 saturated heterocycles. The van der Waals surface area contributed by atoms with Crippen LogP contribution in [0.25, 0.3) is 0 Å². The van der Waals surface area contributed by atoms with Crippen molar-refractivity contribution in [2.24, 2.45) is 0 Å². The summed E-state index contributed by atoms with van der Waals surface area (Å²) in [4.78, 5) is 16.9. The number of rotatable bonds is 4. The molecule has 1 aliphatic rings. The Morgan fingerprint density at radius 3 is 2.52 bits per heavy atom. The van der Waals surface area contributed by atoms with Crippen molar-refractivity contribution < 1.29 is 14.3 Å². The van der Waals surface area contributed by atoms with Gasteiger partial charge in [-0.05, 0) is 30.7 Å². The lowest BCUT2D eigenvalue weighted by atomic mass is 10.1. The number of hydrogen-bond acceptors (Lipinski definition) is 6. The van der Waals surface area contributed by atoms with Gasteiger partial charge in [0.2, 0.25) is 0 Å². The molecule has 7 nitrogen and oxygen atoms in total. The van der Waals surface area contributed by atoms with Crippen LogP contribution in [0.3, 0.4) is 0 Å². The number of hydrogen-bond donors (Lipinski definition) is 0. The van der Waals surface area contributed by atoms with Crippen molar-refractivity contribution >= 4 is 11.7 Å². The van der Waals surface area contributed by atoms with Gasteiger partial charge in [0.15, 0.2) is 17.3 Å². The van der Waals surface area contributed by atoms with Gasteiger partial charge in [0.1, 0.15) is 0 Å². The molecule has 1 aromatic heterocycles. The Morgan fingerprint density at radius 2 is 1.88 bits per heavy atom. The Morgan fingerprint density at radius 1 is 1.12 bits per heavy atom. The Kier molecular flexibility index (Phi) is 5.02. The van der Waals surface area contributed by atoms with Crippen LogP contribution in [0.15, 0.2) is 30.5 Å². The lowest BCUT2D eigenvalue weighted by Crippen LogP contribution is -2.49. The highest BCUT2D eigenvalue weighted by atomic mass is 16.5. The topological polar surface area (TPSA) is 67.8 Å². The number of amides is 1. The zero-order valence-corrected chi connectivity index (χ0v) is 14.7. The summed E-state index contributed by atoms with van der Waals surface area (Å²) in [5, 5.41) is 8.18. The van der Waals surface area contributed by atoms with Crippen molar-refractivity contribution in [3.05, 3.63) is 41.6 Å². The van der Waals surface area contributed by atoms with Crippen molar-refractivity contribution in [1.29, 1.82) is 0 Å². The zero-order valence-electron chi connectivity index (χ0n) is 14.7. The molecule has 1 aromatic carbocycles. The number of aryl methyl sites for hydroxylation is 1. The number of carbonyl (C=O) groups excluding carboxylic acids is 1. The summed E-state index contributed by atoms with van der Waals surface area (Å²) >= 11 is 0. The predicted octanol–water partition coefficient (Wildman–Crippen LogP) is 1.76. The van der Waals surface area contributed by atoms with Gasteiger partial charge in [-0.25, -0.2) is 0 Å². The molecular formula is C18H22N4O3. The third-order valence-electron chi connectivity index (χ3n) is 4.30. The third-order valence-corrected chi connectivity index (χ3v) is 4.30. The maximum Gasteiger partial charge on any atom is 0.257 e. The first-order valence-corrected chi connectivity index (χ1v) is 8.18. The monoisotopic (exact) mass is 342 g/mol. The molecule has 1 amide bonds. The quantitative estimate of drug-likeness (QED) is 0.843. The second kappa shape index (κ2) is 7.38. The number of para-hydroxylation sites is 1. The minimum atomic E-state index is -0.0503. The first-order valence-electron chi connectivity index (χ1n) is 8.18. The van der Waals surface area contributed by atoms with Crippen molar-refractivity contribution in [3.8, 4) is 11.5 Å². The van der Waals surface area contributed by atoms with Crippen LogP contribution in [0.2, 0.25) is 0 Å². The van der Waals surface area contributed by atoms with E-state index in [1.165, 1.54) is 0 Å². The number of anilines is 1. The van der Waals surface area contributed by atoms with Crippen LogP contribution in [0.5, 0.6) is 11.5 Å². The second-order valence-corrected chi connectivity index (χ2v) is 5.91. The van der Waals surface area contributed by atoms with Crippen LogP contribution in [0, 0.1) is 6.92 Å². The summed E-state index contributed by atoms with van der Waals surface area (Å²) in [5.41, 5.74) is 1.59. The maximum absolute atomic E-state index is 12.9. The minimum Gasteiger partial charge on any atom is -0.493 e. The van der Waals surface area contributed by atoms with E-state index in [4.69, 9.17) is 9.47 Å².